The number of carbonyl (C=O) groups excluding carboxylic acids is 1. The second kappa shape index (κ2) is 9.97. The van der Waals surface area contributed by atoms with Crippen LogP contribution in [0.1, 0.15) is 64.8 Å². The van der Waals surface area contributed by atoms with Crippen molar-refractivity contribution in [3.05, 3.63) is 69.7 Å². The smallest absolute Gasteiger partial charge is 0.249 e. The van der Waals surface area contributed by atoms with Crippen LogP contribution in [0.5, 0.6) is 0 Å². The maximum absolute atomic E-state index is 13.4. The lowest BCUT2D eigenvalue weighted by atomic mass is 9.83. The largest absolute Gasteiger partial charge is 0.361 e. The topological polar surface area (TPSA) is 29.5 Å². The molecule has 2 aromatic carbocycles. The lowest BCUT2D eigenvalue weighted by molar-refractivity contribution is -0.166. The molecule has 0 aromatic heterocycles. The zero-order valence-corrected chi connectivity index (χ0v) is 22.0. The van der Waals surface area contributed by atoms with E-state index < -0.39 is 0 Å². The van der Waals surface area contributed by atoms with Crippen molar-refractivity contribution in [2.24, 2.45) is 5.41 Å². The van der Waals surface area contributed by atoms with Crippen LogP contribution in [-0.4, -0.2) is 34.0 Å². The van der Waals surface area contributed by atoms with Crippen molar-refractivity contribution >= 4 is 40.9 Å². The van der Waals surface area contributed by atoms with Gasteiger partial charge in [-0.2, -0.15) is 11.8 Å². The maximum atomic E-state index is 13.4. The molecule has 174 valence electrons. The Kier molecular flexibility index (Phi) is 7.92. The van der Waals surface area contributed by atoms with E-state index in [4.69, 9.17) is 27.9 Å². The van der Waals surface area contributed by atoms with E-state index in [-0.39, 0.29) is 40.9 Å². The molecule has 1 fully saturated rings. The third-order valence-electron chi connectivity index (χ3n) is 5.66. The fraction of sp³-hybridized carbons (Fsp3) is 0.500. The van der Waals surface area contributed by atoms with Crippen molar-refractivity contribution in [1.29, 1.82) is 0 Å². The van der Waals surface area contributed by atoms with Crippen LogP contribution in [0.15, 0.2) is 48.5 Å². The highest BCUT2D eigenvalue weighted by molar-refractivity contribution is 8.00. The van der Waals surface area contributed by atoms with E-state index in [1.165, 1.54) is 0 Å². The van der Waals surface area contributed by atoms with Gasteiger partial charge in [0, 0.05) is 26.6 Å². The number of amides is 1. The summed E-state index contributed by atoms with van der Waals surface area (Å²) in [6.07, 6.45) is -0.322. The van der Waals surface area contributed by atoms with Gasteiger partial charge in [-0.15, -0.1) is 0 Å². The van der Waals surface area contributed by atoms with E-state index in [0.717, 1.165) is 16.9 Å². The number of morpholine rings is 1. The molecule has 6 heteroatoms. The number of nitrogens with zero attached hydrogens (tertiary/aromatic N) is 1. The summed E-state index contributed by atoms with van der Waals surface area (Å²) in [5.74, 6) is 0.850. The Morgan fingerprint density at radius 2 is 1.66 bits per heavy atom. The molecular weight excluding hydrogens is 461 g/mol. The van der Waals surface area contributed by atoms with Crippen LogP contribution in [0.2, 0.25) is 10.0 Å². The Morgan fingerprint density at radius 3 is 2.22 bits per heavy atom. The standard InChI is InChI=1S/C26H33Cl2NO2S/c1-25(2,3)21(16-32-26(4,5)6)29-22(30)15-31-24(18-8-7-9-20(28)14-18)23(29)17-10-12-19(27)13-11-17/h7-14,21,23-24H,15-16H2,1-6H3/t21-,23+,24+/m0/s1. The molecule has 1 aliphatic heterocycles. The second-order valence-electron chi connectivity index (χ2n) is 10.4. The van der Waals surface area contributed by atoms with Crippen LogP contribution in [-0.2, 0) is 9.53 Å². The van der Waals surface area contributed by atoms with Gasteiger partial charge in [-0.25, -0.2) is 0 Å². The van der Waals surface area contributed by atoms with Gasteiger partial charge in [0.15, 0.2) is 0 Å². The van der Waals surface area contributed by atoms with Gasteiger partial charge in [-0.1, -0.05) is 89.0 Å². The van der Waals surface area contributed by atoms with E-state index in [0.29, 0.717) is 10.0 Å². The van der Waals surface area contributed by atoms with E-state index in [9.17, 15) is 4.79 Å². The van der Waals surface area contributed by atoms with Crippen molar-refractivity contribution in [3.8, 4) is 0 Å². The van der Waals surface area contributed by atoms with Crippen molar-refractivity contribution in [3.63, 3.8) is 0 Å². The summed E-state index contributed by atoms with van der Waals surface area (Å²) in [4.78, 5) is 15.5. The first-order valence-corrected chi connectivity index (χ1v) is 12.7. The van der Waals surface area contributed by atoms with Gasteiger partial charge in [0.2, 0.25) is 5.91 Å². The molecule has 1 amide bonds. The Labute approximate surface area is 206 Å². The Hall–Kier alpha value is -1.20. The summed E-state index contributed by atoms with van der Waals surface area (Å²) < 4.78 is 6.28. The van der Waals surface area contributed by atoms with Crippen LogP contribution in [0.25, 0.3) is 0 Å². The first-order chi connectivity index (χ1) is 14.9. The predicted molar refractivity (Wildman–Crippen MR) is 137 cm³/mol. The number of hydrogen-bond donors (Lipinski definition) is 0. The number of benzene rings is 2. The Morgan fingerprint density at radius 1 is 1.00 bits per heavy atom. The van der Waals surface area contributed by atoms with E-state index in [1.807, 2.05) is 60.3 Å². The van der Waals surface area contributed by atoms with Gasteiger partial charge in [-0.3, -0.25) is 4.79 Å². The van der Waals surface area contributed by atoms with Crippen LogP contribution >= 0.6 is 35.0 Å². The summed E-state index contributed by atoms with van der Waals surface area (Å²) >= 11 is 14.4. The Balaban J connectivity index is 2.12. The zero-order chi connectivity index (χ0) is 23.7. The SMILES string of the molecule is CC(C)(C)SC[C@H](N1C(=O)CO[C@H](c2cccc(Cl)c2)[C@H]1c1ccc(Cl)cc1)C(C)(C)C. The zero-order valence-electron chi connectivity index (χ0n) is 19.7. The molecule has 32 heavy (non-hydrogen) atoms. The quantitative estimate of drug-likeness (QED) is 0.429. The van der Waals surface area contributed by atoms with Gasteiger partial charge in [0.05, 0.1) is 6.04 Å². The van der Waals surface area contributed by atoms with Crippen molar-refractivity contribution in [2.75, 3.05) is 12.4 Å². The average molecular weight is 495 g/mol. The summed E-state index contributed by atoms with van der Waals surface area (Å²) in [6, 6.07) is 15.2. The molecule has 0 unspecified atom stereocenters. The fourth-order valence-electron chi connectivity index (χ4n) is 4.03. The molecule has 1 saturated heterocycles. The van der Waals surface area contributed by atoms with E-state index in [2.05, 4.69) is 46.4 Å². The third-order valence-corrected chi connectivity index (χ3v) is 7.49. The number of rotatable bonds is 5. The first-order valence-electron chi connectivity index (χ1n) is 10.9. The second-order valence-corrected chi connectivity index (χ2v) is 13.1. The molecule has 1 heterocycles. The van der Waals surface area contributed by atoms with Crippen LogP contribution in [0.3, 0.4) is 0 Å². The number of thioether (sulfide) groups is 1. The Bertz CT molecular complexity index is 934. The van der Waals surface area contributed by atoms with E-state index >= 15 is 0 Å². The highest BCUT2D eigenvalue weighted by Crippen LogP contribution is 2.45. The highest BCUT2D eigenvalue weighted by atomic mass is 35.5. The van der Waals surface area contributed by atoms with Gasteiger partial charge < -0.3 is 9.64 Å². The maximum Gasteiger partial charge on any atom is 0.249 e. The minimum atomic E-state index is -0.322. The van der Waals surface area contributed by atoms with Gasteiger partial charge in [0.1, 0.15) is 12.7 Å². The van der Waals surface area contributed by atoms with Crippen LogP contribution < -0.4 is 0 Å². The highest BCUT2D eigenvalue weighted by Gasteiger charge is 2.45. The van der Waals surface area contributed by atoms with Gasteiger partial charge >= 0.3 is 0 Å². The van der Waals surface area contributed by atoms with Crippen molar-refractivity contribution < 1.29 is 9.53 Å². The molecule has 0 radical (unpaired) electrons. The minimum absolute atomic E-state index is 0.0117. The third kappa shape index (κ3) is 6.22. The lowest BCUT2D eigenvalue weighted by Gasteiger charge is -2.49. The molecule has 0 spiro atoms. The molecular formula is C26H33Cl2NO2S. The molecule has 3 atom stereocenters. The average Bonchev–Trinajstić information content (AvgIpc) is 2.68. The molecule has 3 rings (SSSR count). The number of halogens is 2. The number of ether oxygens (including phenoxy) is 1. The summed E-state index contributed by atoms with van der Waals surface area (Å²) in [5.41, 5.74) is 1.85. The molecule has 0 aliphatic carbocycles. The van der Waals surface area contributed by atoms with Crippen LogP contribution in [0, 0.1) is 5.41 Å². The summed E-state index contributed by atoms with van der Waals surface area (Å²) in [7, 11) is 0. The molecule has 3 nitrogen and oxygen atoms in total. The van der Waals surface area contributed by atoms with Crippen molar-refractivity contribution in [1.82, 2.24) is 4.90 Å². The van der Waals surface area contributed by atoms with Gasteiger partial charge in [0.25, 0.3) is 0 Å². The monoisotopic (exact) mass is 493 g/mol. The minimum Gasteiger partial charge on any atom is -0.361 e. The van der Waals surface area contributed by atoms with E-state index in [1.54, 1.807) is 0 Å². The molecule has 1 aliphatic rings. The number of carbonyl (C=O) groups is 1. The molecule has 0 bridgehead atoms. The van der Waals surface area contributed by atoms with Gasteiger partial charge in [-0.05, 0) is 40.8 Å². The lowest BCUT2D eigenvalue weighted by Crippen LogP contribution is -2.56. The predicted octanol–water partition coefficient (Wildman–Crippen LogP) is 7.58. The summed E-state index contributed by atoms with van der Waals surface area (Å²) in [5, 5.41) is 1.32. The normalized spacial score (nSPS) is 21.0. The van der Waals surface area contributed by atoms with Crippen molar-refractivity contribution in [2.45, 2.75) is 64.5 Å². The number of hydrogen-bond acceptors (Lipinski definition) is 3. The molecule has 2 aromatic rings. The fourth-order valence-corrected chi connectivity index (χ4v) is 5.67. The first kappa shape index (κ1) is 25.4. The summed E-state index contributed by atoms with van der Waals surface area (Å²) in [6.45, 7) is 13.3. The molecule has 0 N–H and O–H groups in total. The molecule has 0 saturated carbocycles. The van der Waals surface area contributed by atoms with Crippen LogP contribution in [0.4, 0.5) is 0 Å².